The molecule has 1 saturated heterocycles. The first kappa shape index (κ1) is 17.1. The van der Waals surface area contributed by atoms with Crippen LogP contribution in [0.4, 0.5) is 0 Å². The van der Waals surface area contributed by atoms with Crippen molar-refractivity contribution >= 4 is 28.8 Å². The van der Waals surface area contributed by atoms with E-state index < -0.39 is 5.66 Å². The standard InChI is InChI=1S/C21H21N3OS/c1-23-14-12-21(13-15-23)22-18(16-8-4-2-5-9-16)20(26)24(21)19(25)17-10-6-3-7-11-17/h2-11H,12-15H2,1H3. The van der Waals surface area contributed by atoms with E-state index in [-0.39, 0.29) is 5.91 Å². The summed E-state index contributed by atoms with van der Waals surface area (Å²) >= 11 is 5.76. The summed E-state index contributed by atoms with van der Waals surface area (Å²) in [5.41, 5.74) is 1.81. The van der Waals surface area contributed by atoms with Crippen molar-refractivity contribution in [3.63, 3.8) is 0 Å². The number of hydrogen-bond donors (Lipinski definition) is 0. The van der Waals surface area contributed by atoms with Crippen LogP contribution >= 0.6 is 12.2 Å². The molecule has 2 aliphatic rings. The molecule has 0 aliphatic carbocycles. The molecule has 0 N–H and O–H groups in total. The zero-order valence-electron chi connectivity index (χ0n) is 14.8. The predicted octanol–water partition coefficient (Wildman–Crippen LogP) is 3.38. The summed E-state index contributed by atoms with van der Waals surface area (Å²) in [4.78, 5) is 23.0. The fourth-order valence-corrected chi connectivity index (χ4v) is 4.10. The van der Waals surface area contributed by atoms with Crippen molar-refractivity contribution in [2.24, 2.45) is 4.99 Å². The maximum absolute atomic E-state index is 13.3. The third kappa shape index (κ3) is 2.87. The quantitative estimate of drug-likeness (QED) is 0.768. The number of nitrogens with zero attached hydrogens (tertiary/aromatic N) is 3. The molecule has 1 spiro atoms. The van der Waals surface area contributed by atoms with E-state index >= 15 is 0 Å². The molecule has 0 bridgehead atoms. The number of piperidine rings is 1. The van der Waals surface area contributed by atoms with Crippen LogP contribution in [0.5, 0.6) is 0 Å². The van der Waals surface area contributed by atoms with Crippen LogP contribution in [0.1, 0.15) is 28.8 Å². The van der Waals surface area contributed by atoms with Crippen LogP contribution < -0.4 is 0 Å². The summed E-state index contributed by atoms with van der Waals surface area (Å²) in [5, 5.41) is 0. The van der Waals surface area contributed by atoms with Crippen molar-refractivity contribution in [3.05, 3.63) is 71.8 Å². The van der Waals surface area contributed by atoms with Gasteiger partial charge in [-0.15, -0.1) is 0 Å². The average molecular weight is 363 g/mol. The van der Waals surface area contributed by atoms with Crippen LogP contribution in [0.3, 0.4) is 0 Å². The lowest BCUT2D eigenvalue weighted by Crippen LogP contribution is -2.54. The smallest absolute Gasteiger partial charge is 0.260 e. The topological polar surface area (TPSA) is 35.9 Å². The van der Waals surface area contributed by atoms with Gasteiger partial charge >= 0.3 is 0 Å². The van der Waals surface area contributed by atoms with Crippen LogP contribution in [0, 0.1) is 0 Å². The molecule has 0 unspecified atom stereocenters. The summed E-state index contributed by atoms with van der Waals surface area (Å²) in [6.07, 6.45) is 1.58. The second kappa shape index (κ2) is 6.74. The van der Waals surface area contributed by atoms with Gasteiger partial charge < -0.3 is 4.90 Å². The minimum Gasteiger partial charge on any atom is -0.306 e. The molecule has 2 heterocycles. The van der Waals surface area contributed by atoms with Crippen molar-refractivity contribution in [2.45, 2.75) is 18.5 Å². The molecule has 2 aromatic rings. The zero-order chi connectivity index (χ0) is 18.1. The molecular formula is C21H21N3OS. The Morgan fingerprint density at radius 3 is 2.19 bits per heavy atom. The Labute approximate surface area is 159 Å². The maximum Gasteiger partial charge on any atom is 0.260 e. The lowest BCUT2D eigenvalue weighted by atomic mass is 9.95. The molecule has 5 heteroatoms. The Bertz CT molecular complexity index is 855. The molecule has 0 radical (unpaired) electrons. The number of rotatable bonds is 2. The number of carbonyl (C=O) groups excluding carboxylic acids is 1. The number of likely N-dealkylation sites (tertiary alicyclic amines) is 1. The fraction of sp³-hybridized carbons (Fsp3) is 0.286. The summed E-state index contributed by atoms with van der Waals surface area (Å²) in [7, 11) is 2.10. The number of carbonyl (C=O) groups is 1. The van der Waals surface area contributed by atoms with Crippen molar-refractivity contribution in [2.75, 3.05) is 20.1 Å². The van der Waals surface area contributed by atoms with E-state index in [0.717, 1.165) is 37.2 Å². The molecule has 132 valence electrons. The zero-order valence-corrected chi connectivity index (χ0v) is 15.6. The van der Waals surface area contributed by atoms with Gasteiger partial charge in [0, 0.05) is 37.1 Å². The van der Waals surface area contributed by atoms with Gasteiger partial charge in [0.05, 0.1) is 0 Å². The van der Waals surface area contributed by atoms with Crippen molar-refractivity contribution in [3.8, 4) is 0 Å². The third-order valence-corrected chi connectivity index (χ3v) is 5.58. The first-order chi connectivity index (χ1) is 12.6. The van der Waals surface area contributed by atoms with Crippen LogP contribution in [0.15, 0.2) is 65.7 Å². The van der Waals surface area contributed by atoms with E-state index in [4.69, 9.17) is 17.2 Å². The van der Waals surface area contributed by atoms with Crippen molar-refractivity contribution < 1.29 is 4.79 Å². The lowest BCUT2D eigenvalue weighted by Gasteiger charge is -2.41. The Morgan fingerprint density at radius 1 is 1.00 bits per heavy atom. The summed E-state index contributed by atoms with van der Waals surface area (Å²) in [6.45, 7) is 1.79. The molecule has 0 aromatic heterocycles. The van der Waals surface area contributed by atoms with E-state index in [0.29, 0.717) is 10.6 Å². The monoisotopic (exact) mass is 363 g/mol. The minimum atomic E-state index is -0.568. The Balaban J connectivity index is 1.77. The second-order valence-electron chi connectivity index (χ2n) is 6.92. The minimum absolute atomic E-state index is 0.0603. The van der Waals surface area contributed by atoms with Gasteiger partial charge in [0.1, 0.15) is 16.4 Å². The highest BCUT2D eigenvalue weighted by Gasteiger charge is 2.49. The van der Waals surface area contributed by atoms with Gasteiger partial charge in [-0.2, -0.15) is 0 Å². The van der Waals surface area contributed by atoms with Gasteiger partial charge in [-0.1, -0.05) is 60.7 Å². The molecule has 1 amide bonds. The summed E-state index contributed by atoms with van der Waals surface area (Å²) < 4.78 is 0. The largest absolute Gasteiger partial charge is 0.306 e. The Morgan fingerprint density at radius 2 is 1.58 bits per heavy atom. The number of thiocarbonyl (C=S) groups is 1. The van der Waals surface area contributed by atoms with Crippen molar-refractivity contribution in [1.82, 2.24) is 9.80 Å². The predicted molar refractivity (Wildman–Crippen MR) is 108 cm³/mol. The van der Waals surface area contributed by atoms with Crippen LogP contribution in [-0.4, -0.2) is 52.2 Å². The van der Waals surface area contributed by atoms with E-state index in [9.17, 15) is 4.79 Å². The van der Waals surface area contributed by atoms with E-state index in [1.165, 1.54) is 0 Å². The van der Waals surface area contributed by atoms with E-state index in [1.807, 2.05) is 60.7 Å². The second-order valence-corrected chi connectivity index (χ2v) is 7.31. The molecular weight excluding hydrogens is 342 g/mol. The Kier molecular flexibility index (Phi) is 4.42. The molecule has 4 nitrogen and oxygen atoms in total. The van der Waals surface area contributed by atoms with Crippen molar-refractivity contribution in [1.29, 1.82) is 0 Å². The molecule has 4 rings (SSSR count). The number of aliphatic imine (C=N–C) groups is 1. The molecule has 0 atom stereocenters. The fourth-order valence-electron chi connectivity index (χ4n) is 3.69. The average Bonchev–Trinajstić information content (AvgIpc) is 2.97. The number of benzene rings is 2. The molecule has 26 heavy (non-hydrogen) atoms. The molecule has 0 saturated carbocycles. The SMILES string of the molecule is CN1CCC2(CC1)N=C(c1ccccc1)C(=S)N2C(=O)c1ccccc1. The summed E-state index contributed by atoms with van der Waals surface area (Å²) in [5.74, 6) is -0.0603. The highest BCUT2D eigenvalue weighted by molar-refractivity contribution is 7.82. The highest BCUT2D eigenvalue weighted by atomic mass is 32.1. The maximum atomic E-state index is 13.3. The van der Waals surface area contributed by atoms with Gasteiger partial charge in [-0.25, -0.2) is 0 Å². The van der Waals surface area contributed by atoms with E-state index in [2.05, 4.69) is 11.9 Å². The van der Waals surface area contributed by atoms with Gasteiger partial charge in [0.25, 0.3) is 5.91 Å². The first-order valence-corrected chi connectivity index (χ1v) is 9.29. The highest BCUT2D eigenvalue weighted by Crippen LogP contribution is 2.37. The van der Waals surface area contributed by atoms with Gasteiger partial charge in [-0.05, 0) is 19.2 Å². The van der Waals surface area contributed by atoms with Crippen LogP contribution in [-0.2, 0) is 0 Å². The summed E-state index contributed by atoms with van der Waals surface area (Å²) in [6, 6.07) is 19.3. The Hall–Kier alpha value is -2.37. The number of hydrogen-bond acceptors (Lipinski definition) is 4. The molecule has 2 aromatic carbocycles. The lowest BCUT2D eigenvalue weighted by molar-refractivity contribution is 0.0571. The van der Waals surface area contributed by atoms with E-state index in [1.54, 1.807) is 4.90 Å². The van der Waals surface area contributed by atoms with Gasteiger partial charge in [0.2, 0.25) is 0 Å². The number of amides is 1. The van der Waals surface area contributed by atoms with Crippen LogP contribution in [0.2, 0.25) is 0 Å². The van der Waals surface area contributed by atoms with Gasteiger partial charge in [0.15, 0.2) is 0 Å². The third-order valence-electron chi connectivity index (χ3n) is 5.20. The first-order valence-electron chi connectivity index (χ1n) is 8.88. The normalized spacial score (nSPS) is 19.7. The molecule has 2 aliphatic heterocycles. The molecule has 1 fully saturated rings. The van der Waals surface area contributed by atoms with Gasteiger partial charge in [-0.3, -0.25) is 14.7 Å². The van der Waals surface area contributed by atoms with Crippen LogP contribution in [0.25, 0.3) is 0 Å².